The number of aryl methyl sites for hydroxylation is 1. The first-order chi connectivity index (χ1) is 12.2. The monoisotopic (exact) mass is 329 g/mol. The van der Waals surface area contributed by atoms with E-state index in [4.69, 9.17) is 4.74 Å². The second kappa shape index (κ2) is 7.97. The van der Waals surface area contributed by atoms with Gasteiger partial charge in [0.2, 0.25) is 0 Å². The Labute approximate surface area is 147 Å². The third-order valence-electron chi connectivity index (χ3n) is 3.67. The van der Waals surface area contributed by atoms with Crippen molar-refractivity contribution in [3.05, 3.63) is 102 Å². The van der Waals surface area contributed by atoms with E-state index in [1.807, 2.05) is 85.8 Å². The van der Waals surface area contributed by atoms with Crippen LogP contribution in [-0.4, -0.2) is 5.78 Å². The SMILES string of the molecule is Cc1ccc(C(=O)/C=C/Nc2ccccc2Oc2ccccc2)cc1. The fourth-order valence-corrected chi connectivity index (χ4v) is 2.31. The highest BCUT2D eigenvalue weighted by Gasteiger charge is 2.04. The predicted octanol–water partition coefficient (Wildman–Crippen LogP) is 5.60. The second-order valence-electron chi connectivity index (χ2n) is 5.62. The van der Waals surface area contributed by atoms with Crippen molar-refractivity contribution in [3.8, 4) is 11.5 Å². The lowest BCUT2D eigenvalue weighted by Crippen LogP contribution is -1.97. The van der Waals surface area contributed by atoms with Gasteiger partial charge in [-0.25, -0.2) is 0 Å². The Bertz CT molecular complexity index is 868. The molecule has 3 aromatic carbocycles. The molecule has 0 aromatic heterocycles. The highest BCUT2D eigenvalue weighted by atomic mass is 16.5. The van der Waals surface area contributed by atoms with Crippen molar-refractivity contribution in [1.82, 2.24) is 0 Å². The zero-order valence-corrected chi connectivity index (χ0v) is 14.0. The average molecular weight is 329 g/mol. The standard InChI is InChI=1S/C22H19NO2/c1-17-11-13-18(14-12-17)21(24)15-16-23-20-9-5-6-10-22(20)25-19-7-3-2-4-8-19/h2-16,23H,1H3/b16-15+. The van der Waals surface area contributed by atoms with Gasteiger partial charge in [-0.15, -0.1) is 0 Å². The van der Waals surface area contributed by atoms with Crippen LogP contribution in [0.25, 0.3) is 0 Å². The lowest BCUT2D eigenvalue weighted by Gasteiger charge is -2.10. The lowest BCUT2D eigenvalue weighted by molar-refractivity contribution is 0.104. The van der Waals surface area contributed by atoms with Gasteiger partial charge < -0.3 is 10.1 Å². The summed E-state index contributed by atoms with van der Waals surface area (Å²) in [5, 5.41) is 3.12. The molecule has 0 spiro atoms. The summed E-state index contributed by atoms with van der Waals surface area (Å²) in [6, 6.07) is 24.7. The molecule has 124 valence electrons. The van der Waals surface area contributed by atoms with Crippen LogP contribution in [0.2, 0.25) is 0 Å². The number of ketones is 1. The summed E-state index contributed by atoms with van der Waals surface area (Å²) in [6.07, 6.45) is 3.15. The van der Waals surface area contributed by atoms with E-state index in [-0.39, 0.29) is 5.78 Å². The molecule has 25 heavy (non-hydrogen) atoms. The minimum absolute atomic E-state index is 0.0473. The van der Waals surface area contributed by atoms with Crippen LogP contribution in [0, 0.1) is 6.92 Å². The summed E-state index contributed by atoms with van der Waals surface area (Å²) in [4.78, 5) is 12.2. The number of allylic oxidation sites excluding steroid dienone is 1. The number of hydrogen-bond acceptors (Lipinski definition) is 3. The number of rotatable bonds is 6. The van der Waals surface area contributed by atoms with E-state index in [1.165, 1.54) is 6.08 Å². The molecule has 3 rings (SSSR count). The van der Waals surface area contributed by atoms with Crippen LogP contribution in [0.4, 0.5) is 5.69 Å². The third kappa shape index (κ3) is 4.58. The molecule has 0 atom stereocenters. The van der Waals surface area contributed by atoms with E-state index >= 15 is 0 Å². The number of ether oxygens (including phenoxy) is 1. The van der Waals surface area contributed by atoms with E-state index in [1.54, 1.807) is 6.20 Å². The first-order valence-corrected chi connectivity index (χ1v) is 8.08. The largest absolute Gasteiger partial charge is 0.455 e. The minimum atomic E-state index is -0.0473. The first-order valence-electron chi connectivity index (χ1n) is 8.08. The van der Waals surface area contributed by atoms with Gasteiger partial charge in [0.1, 0.15) is 5.75 Å². The first kappa shape index (κ1) is 16.5. The molecule has 0 saturated heterocycles. The van der Waals surface area contributed by atoms with Gasteiger partial charge in [-0.3, -0.25) is 4.79 Å². The second-order valence-corrected chi connectivity index (χ2v) is 5.62. The Morgan fingerprint density at radius 3 is 2.32 bits per heavy atom. The van der Waals surface area contributed by atoms with Crippen LogP contribution in [0.5, 0.6) is 11.5 Å². The molecule has 0 heterocycles. The number of carbonyl (C=O) groups excluding carboxylic acids is 1. The van der Waals surface area contributed by atoms with E-state index in [2.05, 4.69) is 5.32 Å². The minimum Gasteiger partial charge on any atom is -0.455 e. The van der Waals surface area contributed by atoms with Gasteiger partial charge in [-0.1, -0.05) is 60.2 Å². The number of para-hydroxylation sites is 3. The molecule has 0 aliphatic heterocycles. The van der Waals surface area contributed by atoms with Crippen molar-refractivity contribution < 1.29 is 9.53 Å². The maximum absolute atomic E-state index is 12.2. The van der Waals surface area contributed by atoms with Crippen LogP contribution in [0.3, 0.4) is 0 Å². The fourth-order valence-electron chi connectivity index (χ4n) is 2.31. The van der Waals surface area contributed by atoms with Crippen LogP contribution in [0.15, 0.2) is 91.1 Å². The average Bonchev–Trinajstić information content (AvgIpc) is 2.64. The highest BCUT2D eigenvalue weighted by Crippen LogP contribution is 2.29. The van der Waals surface area contributed by atoms with Crippen molar-refractivity contribution in [2.45, 2.75) is 6.92 Å². The summed E-state index contributed by atoms with van der Waals surface area (Å²) >= 11 is 0. The molecular weight excluding hydrogens is 310 g/mol. The fraction of sp³-hybridized carbons (Fsp3) is 0.0455. The molecule has 0 aliphatic carbocycles. The van der Waals surface area contributed by atoms with Crippen molar-refractivity contribution in [2.24, 2.45) is 0 Å². The van der Waals surface area contributed by atoms with Crippen molar-refractivity contribution in [1.29, 1.82) is 0 Å². The number of carbonyl (C=O) groups is 1. The van der Waals surface area contributed by atoms with Crippen LogP contribution >= 0.6 is 0 Å². The summed E-state index contributed by atoms with van der Waals surface area (Å²) < 4.78 is 5.88. The molecule has 3 heteroatoms. The molecule has 1 N–H and O–H groups in total. The van der Waals surface area contributed by atoms with Crippen molar-refractivity contribution in [3.63, 3.8) is 0 Å². The van der Waals surface area contributed by atoms with Gasteiger partial charge in [-0.2, -0.15) is 0 Å². The molecule has 0 bridgehead atoms. The van der Waals surface area contributed by atoms with E-state index in [9.17, 15) is 4.79 Å². The summed E-state index contributed by atoms with van der Waals surface area (Å²) in [5.74, 6) is 1.41. The van der Waals surface area contributed by atoms with E-state index < -0.39 is 0 Å². The van der Waals surface area contributed by atoms with Gasteiger partial charge in [0.25, 0.3) is 0 Å². The van der Waals surface area contributed by atoms with Gasteiger partial charge in [0.15, 0.2) is 11.5 Å². The lowest BCUT2D eigenvalue weighted by atomic mass is 10.1. The topological polar surface area (TPSA) is 38.3 Å². The summed E-state index contributed by atoms with van der Waals surface area (Å²) in [6.45, 7) is 2.00. The zero-order chi connectivity index (χ0) is 17.5. The zero-order valence-electron chi connectivity index (χ0n) is 14.0. The molecule has 0 amide bonds. The Balaban J connectivity index is 1.69. The molecule has 0 radical (unpaired) electrons. The quantitative estimate of drug-likeness (QED) is 0.473. The normalized spacial score (nSPS) is 10.6. The predicted molar refractivity (Wildman–Crippen MR) is 101 cm³/mol. The van der Waals surface area contributed by atoms with Gasteiger partial charge in [0.05, 0.1) is 5.69 Å². The Hall–Kier alpha value is -3.33. The van der Waals surface area contributed by atoms with Gasteiger partial charge >= 0.3 is 0 Å². The molecular formula is C22H19NO2. The van der Waals surface area contributed by atoms with Gasteiger partial charge in [-0.05, 0) is 31.2 Å². The van der Waals surface area contributed by atoms with Crippen molar-refractivity contribution >= 4 is 11.5 Å². The molecule has 0 saturated carbocycles. The molecule has 0 unspecified atom stereocenters. The summed E-state index contributed by atoms with van der Waals surface area (Å²) in [5.41, 5.74) is 2.59. The Morgan fingerprint density at radius 2 is 1.56 bits per heavy atom. The smallest absolute Gasteiger partial charge is 0.187 e. The maximum Gasteiger partial charge on any atom is 0.187 e. The van der Waals surface area contributed by atoms with Gasteiger partial charge in [0, 0.05) is 17.8 Å². The molecule has 0 fully saturated rings. The Morgan fingerprint density at radius 1 is 0.880 bits per heavy atom. The van der Waals surface area contributed by atoms with Crippen LogP contribution in [-0.2, 0) is 0 Å². The summed E-state index contributed by atoms with van der Waals surface area (Å²) in [7, 11) is 0. The van der Waals surface area contributed by atoms with E-state index in [0.717, 1.165) is 17.0 Å². The highest BCUT2D eigenvalue weighted by molar-refractivity contribution is 6.04. The van der Waals surface area contributed by atoms with Crippen molar-refractivity contribution in [2.75, 3.05) is 5.32 Å². The Kier molecular flexibility index (Phi) is 5.27. The number of hydrogen-bond donors (Lipinski definition) is 1. The van der Waals surface area contributed by atoms with Crippen LogP contribution in [0.1, 0.15) is 15.9 Å². The number of anilines is 1. The molecule has 3 aromatic rings. The number of benzene rings is 3. The maximum atomic E-state index is 12.2. The molecule has 3 nitrogen and oxygen atoms in total. The third-order valence-corrected chi connectivity index (χ3v) is 3.67. The number of nitrogens with one attached hydrogen (secondary N) is 1. The molecule has 0 aliphatic rings. The van der Waals surface area contributed by atoms with Crippen LogP contribution < -0.4 is 10.1 Å². The van der Waals surface area contributed by atoms with E-state index in [0.29, 0.717) is 11.3 Å².